The maximum Gasteiger partial charge on any atom is 0.416 e. The molecule has 1 aromatic heterocycles. The van der Waals surface area contributed by atoms with E-state index in [0.29, 0.717) is 5.88 Å². The Hall–Kier alpha value is -0.970. The third kappa shape index (κ3) is 4.07. The SMILES string of the molecule is CC(CCl)C(C)Nc1cc(C(F)(F)F)ccn1. The van der Waals surface area contributed by atoms with Crippen LogP contribution in [0.2, 0.25) is 0 Å². The second-order valence-corrected chi connectivity index (χ2v) is 4.30. The van der Waals surface area contributed by atoms with E-state index >= 15 is 0 Å². The highest BCUT2D eigenvalue weighted by molar-refractivity contribution is 6.18. The third-order valence-corrected chi connectivity index (χ3v) is 3.05. The summed E-state index contributed by atoms with van der Waals surface area (Å²) in [5, 5.41) is 2.91. The first-order valence-electron chi connectivity index (χ1n) is 5.20. The first-order chi connectivity index (χ1) is 7.84. The molecular formula is C11H14ClF3N2. The van der Waals surface area contributed by atoms with E-state index in [2.05, 4.69) is 10.3 Å². The van der Waals surface area contributed by atoms with Crippen molar-refractivity contribution in [3.8, 4) is 0 Å². The molecule has 1 aromatic rings. The van der Waals surface area contributed by atoms with Crippen LogP contribution in [0, 0.1) is 5.92 Å². The predicted molar refractivity (Wildman–Crippen MR) is 62.2 cm³/mol. The van der Waals surface area contributed by atoms with Crippen molar-refractivity contribution in [2.24, 2.45) is 5.92 Å². The van der Waals surface area contributed by atoms with Gasteiger partial charge in [0.15, 0.2) is 0 Å². The van der Waals surface area contributed by atoms with Crippen LogP contribution in [0.1, 0.15) is 19.4 Å². The number of nitrogens with zero attached hydrogens (tertiary/aromatic N) is 1. The Morgan fingerprint density at radius 2 is 2.06 bits per heavy atom. The van der Waals surface area contributed by atoms with E-state index in [9.17, 15) is 13.2 Å². The average Bonchev–Trinajstić information content (AvgIpc) is 2.27. The summed E-state index contributed by atoms with van der Waals surface area (Å²) in [4.78, 5) is 3.86. The molecule has 0 aliphatic rings. The molecule has 0 radical (unpaired) electrons. The molecule has 0 aromatic carbocycles. The zero-order chi connectivity index (χ0) is 13.1. The average molecular weight is 267 g/mol. The van der Waals surface area contributed by atoms with Crippen LogP contribution in [-0.4, -0.2) is 16.9 Å². The molecule has 0 aliphatic heterocycles. The maximum atomic E-state index is 12.5. The molecule has 17 heavy (non-hydrogen) atoms. The van der Waals surface area contributed by atoms with E-state index in [1.54, 1.807) is 0 Å². The minimum absolute atomic E-state index is 0.0384. The van der Waals surface area contributed by atoms with Crippen LogP contribution in [0.15, 0.2) is 18.3 Å². The van der Waals surface area contributed by atoms with E-state index < -0.39 is 11.7 Å². The normalized spacial score (nSPS) is 15.4. The van der Waals surface area contributed by atoms with Crippen LogP contribution in [0.3, 0.4) is 0 Å². The number of hydrogen-bond donors (Lipinski definition) is 1. The highest BCUT2D eigenvalue weighted by Gasteiger charge is 2.30. The zero-order valence-electron chi connectivity index (χ0n) is 9.55. The van der Waals surface area contributed by atoms with Crippen LogP contribution in [0.4, 0.5) is 19.0 Å². The fraction of sp³-hybridized carbons (Fsp3) is 0.545. The second kappa shape index (κ2) is 5.58. The van der Waals surface area contributed by atoms with Crippen molar-refractivity contribution in [3.63, 3.8) is 0 Å². The van der Waals surface area contributed by atoms with Gasteiger partial charge in [0.2, 0.25) is 0 Å². The van der Waals surface area contributed by atoms with Gasteiger partial charge in [-0.1, -0.05) is 6.92 Å². The smallest absolute Gasteiger partial charge is 0.367 e. The van der Waals surface area contributed by atoms with Gasteiger partial charge in [-0.3, -0.25) is 0 Å². The molecule has 0 spiro atoms. The largest absolute Gasteiger partial charge is 0.416 e. The van der Waals surface area contributed by atoms with Gasteiger partial charge in [-0.15, -0.1) is 11.6 Å². The number of nitrogens with one attached hydrogen (secondary N) is 1. The van der Waals surface area contributed by atoms with Gasteiger partial charge in [0.25, 0.3) is 0 Å². The van der Waals surface area contributed by atoms with E-state index in [1.165, 1.54) is 0 Å². The number of aromatic nitrogens is 1. The molecule has 1 heterocycles. The van der Waals surface area contributed by atoms with Crippen LogP contribution in [-0.2, 0) is 6.18 Å². The first-order valence-corrected chi connectivity index (χ1v) is 5.73. The second-order valence-electron chi connectivity index (χ2n) is 3.99. The van der Waals surface area contributed by atoms with Crippen molar-refractivity contribution in [1.82, 2.24) is 4.98 Å². The lowest BCUT2D eigenvalue weighted by Crippen LogP contribution is -2.25. The summed E-state index contributed by atoms with van der Waals surface area (Å²) in [6.45, 7) is 3.77. The summed E-state index contributed by atoms with van der Waals surface area (Å²) in [5.41, 5.74) is -0.708. The Labute approximate surface area is 103 Å². The molecule has 1 rings (SSSR count). The van der Waals surface area contributed by atoms with Crippen molar-refractivity contribution in [2.45, 2.75) is 26.1 Å². The number of halogens is 4. The monoisotopic (exact) mass is 266 g/mol. The van der Waals surface area contributed by atoms with Crippen molar-refractivity contribution in [2.75, 3.05) is 11.2 Å². The highest BCUT2D eigenvalue weighted by Crippen LogP contribution is 2.30. The molecule has 2 nitrogen and oxygen atoms in total. The van der Waals surface area contributed by atoms with Crippen molar-refractivity contribution in [3.05, 3.63) is 23.9 Å². The minimum Gasteiger partial charge on any atom is -0.367 e. The number of pyridine rings is 1. The summed E-state index contributed by atoms with van der Waals surface area (Å²) in [5.74, 6) is 0.796. The number of alkyl halides is 4. The first kappa shape index (κ1) is 14.1. The summed E-state index contributed by atoms with van der Waals surface area (Å²) >= 11 is 5.68. The van der Waals surface area contributed by atoms with Gasteiger partial charge in [-0.05, 0) is 25.0 Å². The molecule has 0 amide bonds. The van der Waals surface area contributed by atoms with Crippen molar-refractivity contribution in [1.29, 1.82) is 0 Å². The van der Waals surface area contributed by atoms with Gasteiger partial charge in [0.05, 0.1) is 5.56 Å². The topological polar surface area (TPSA) is 24.9 Å². The number of hydrogen-bond acceptors (Lipinski definition) is 2. The Bertz CT molecular complexity index is 368. The lowest BCUT2D eigenvalue weighted by atomic mass is 10.1. The van der Waals surface area contributed by atoms with Crippen LogP contribution in [0.5, 0.6) is 0 Å². The summed E-state index contributed by atoms with van der Waals surface area (Å²) in [6, 6.07) is 1.90. The molecule has 0 fully saturated rings. The maximum absolute atomic E-state index is 12.5. The molecule has 0 saturated carbocycles. The van der Waals surface area contributed by atoms with E-state index in [0.717, 1.165) is 18.3 Å². The molecular weight excluding hydrogens is 253 g/mol. The minimum atomic E-state index is -4.35. The standard InChI is InChI=1S/C11H14ClF3N2/c1-7(6-12)8(2)17-10-5-9(3-4-16-10)11(13,14)15/h3-5,7-8H,6H2,1-2H3,(H,16,17). The van der Waals surface area contributed by atoms with Gasteiger partial charge in [-0.25, -0.2) is 4.98 Å². The van der Waals surface area contributed by atoms with Gasteiger partial charge in [0, 0.05) is 18.1 Å². The number of rotatable bonds is 4. The fourth-order valence-corrected chi connectivity index (χ4v) is 1.46. The Morgan fingerprint density at radius 3 is 2.59 bits per heavy atom. The van der Waals surface area contributed by atoms with Crippen LogP contribution in [0.25, 0.3) is 0 Å². The summed E-state index contributed by atoms with van der Waals surface area (Å²) in [6.07, 6.45) is -3.20. The molecule has 2 atom stereocenters. The summed E-state index contributed by atoms with van der Waals surface area (Å²) < 4.78 is 37.4. The van der Waals surface area contributed by atoms with Crippen molar-refractivity contribution >= 4 is 17.4 Å². The Kier molecular flexibility index (Phi) is 4.62. The van der Waals surface area contributed by atoms with E-state index in [1.807, 2.05) is 13.8 Å². The lowest BCUT2D eigenvalue weighted by Gasteiger charge is -2.20. The van der Waals surface area contributed by atoms with E-state index in [4.69, 9.17) is 11.6 Å². The van der Waals surface area contributed by atoms with Crippen molar-refractivity contribution < 1.29 is 13.2 Å². The molecule has 6 heteroatoms. The van der Waals surface area contributed by atoms with Gasteiger partial charge in [0.1, 0.15) is 5.82 Å². The van der Waals surface area contributed by atoms with Crippen LogP contribution >= 0.6 is 11.6 Å². The quantitative estimate of drug-likeness (QED) is 0.839. The molecule has 0 aliphatic carbocycles. The zero-order valence-corrected chi connectivity index (χ0v) is 10.3. The lowest BCUT2D eigenvalue weighted by molar-refractivity contribution is -0.137. The van der Waals surface area contributed by atoms with Crippen LogP contribution < -0.4 is 5.32 Å². The molecule has 2 unspecified atom stereocenters. The Morgan fingerprint density at radius 1 is 1.41 bits per heavy atom. The summed E-state index contributed by atoms with van der Waals surface area (Å²) in [7, 11) is 0. The third-order valence-electron chi connectivity index (χ3n) is 2.56. The van der Waals surface area contributed by atoms with E-state index in [-0.39, 0.29) is 17.8 Å². The highest BCUT2D eigenvalue weighted by atomic mass is 35.5. The predicted octanol–water partition coefficient (Wildman–Crippen LogP) is 3.78. The fourth-order valence-electron chi connectivity index (χ4n) is 1.19. The van der Waals surface area contributed by atoms with Gasteiger partial charge in [-0.2, -0.15) is 13.2 Å². The molecule has 96 valence electrons. The molecule has 0 bridgehead atoms. The molecule has 1 N–H and O–H groups in total. The Balaban J connectivity index is 2.79. The molecule has 0 saturated heterocycles. The van der Waals surface area contributed by atoms with Gasteiger partial charge >= 0.3 is 6.18 Å². The van der Waals surface area contributed by atoms with Gasteiger partial charge < -0.3 is 5.32 Å². The number of anilines is 1.